The molecule has 0 spiro atoms. The fraction of sp³-hybridized carbons (Fsp3) is 0.194. The third-order valence-corrected chi connectivity index (χ3v) is 9.16. The van der Waals surface area contributed by atoms with Crippen LogP contribution in [0.25, 0.3) is 16.0 Å². The monoisotopic (exact) mass is 634 g/mol. The van der Waals surface area contributed by atoms with Crippen LogP contribution in [0.5, 0.6) is 23.0 Å². The molecular weight excluding hydrogens is 604 g/mol. The van der Waals surface area contributed by atoms with Crippen molar-refractivity contribution >= 4 is 44.1 Å². The number of rotatable bonds is 8. The highest BCUT2D eigenvalue weighted by atomic mass is 32.1. The number of ether oxygens (including phenoxy) is 4. The Morgan fingerprint density at radius 2 is 1.80 bits per heavy atom. The summed E-state index contributed by atoms with van der Waals surface area (Å²) >= 11 is 1.26. The van der Waals surface area contributed by atoms with Gasteiger partial charge in [0.1, 0.15) is 30.0 Å². The van der Waals surface area contributed by atoms with E-state index in [4.69, 9.17) is 23.9 Å². The molecule has 0 unspecified atom stereocenters. The molecule has 0 saturated carbocycles. The van der Waals surface area contributed by atoms with Gasteiger partial charge in [0.05, 0.1) is 36.1 Å². The smallest absolute Gasteiger partial charge is 0.301 e. The number of thiazole rings is 1. The zero-order chi connectivity index (χ0) is 31.9. The molecule has 0 aliphatic carbocycles. The quantitative estimate of drug-likeness (QED) is 0.112. The molecule has 1 N–H and O–H groups in total. The summed E-state index contributed by atoms with van der Waals surface area (Å²) in [4.78, 5) is 33.7. The van der Waals surface area contributed by atoms with Crippen LogP contribution in [-0.4, -0.2) is 42.1 Å². The van der Waals surface area contributed by atoms with Gasteiger partial charge in [-0.2, -0.15) is 0 Å². The first kappa shape index (κ1) is 29.4. The number of hydrogen-bond acceptors (Lipinski definition) is 9. The molecule has 1 saturated heterocycles. The van der Waals surface area contributed by atoms with Crippen molar-refractivity contribution < 1.29 is 33.6 Å². The number of carbonyl (C=O) groups excluding carboxylic acids is 2. The third-order valence-electron chi connectivity index (χ3n) is 8.14. The van der Waals surface area contributed by atoms with Crippen molar-refractivity contribution in [3.63, 3.8) is 0 Å². The molecule has 1 fully saturated rings. The molecule has 5 aromatic rings. The number of carbonyl (C=O) groups is 2. The number of methoxy groups -OCH3 is 2. The molecule has 0 bridgehead atoms. The molecule has 2 aliphatic heterocycles. The molecule has 9 nitrogen and oxygen atoms in total. The van der Waals surface area contributed by atoms with Gasteiger partial charge in [-0.1, -0.05) is 47.7 Å². The molecule has 7 rings (SSSR count). The zero-order valence-electron chi connectivity index (χ0n) is 25.4. The number of amides is 1. The molecular formula is C36H30N2O7S. The molecule has 3 heterocycles. The van der Waals surface area contributed by atoms with E-state index in [1.807, 2.05) is 49.4 Å². The summed E-state index contributed by atoms with van der Waals surface area (Å²) in [6, 6.07) is 24.7. The second-order valence-corrected chi connectivity index (χ2v) is 12.1. The third kappa shape index (κ3) is 5.20. The Kier molecular flexibility index (Phi) is 7.58. The Bertz CT molecular complexity index is 2020. The highest BCUT2D eigenvalue weighted by Crippen LogP contribution is 2.46. The maximum atomic E-state index is 13.8. The standard InChI is InChI=1S/C36H30N2O7S/c1-20-15-24-16-23(10-13-27(24)45-20)33(39)31-32(22-9-14-28(29(17-22)43-3)44-19-21-7-5-4-6-8-21)38(35(41)34(31)40)36-37-26-12-11-25(42-2)18-30(26)46-36/h4-14,16-18,20,32,39H,15,19H2,1-3H3/b33-31+/t20-,32-/m1/s1. The molecule has 1 amide bonds. The molecule has 2 atom stereocenters. The predicted molar refractivity (Wildman–Crippen MR) is 175 cm³/mol. The van der Waals surface area contributed by atoms with E-state index in [9.17, 15) is 14.7 Å². The van der Waals surface area contributed by atoms with Crippen molar-refractivity contribution in [2.45, 2.75) is 32.1 Å². The first-order valence-corrected chi connectivity index (χ1v) is 15.6. The van der Waals surface area contributed by atoms with Gasteiger partial charge in [-0.05, 0) is 72.1 Å². The Balaban J connectivity index is 1.35. The van der Waals surface area contributed by atoms with E-state index in [2.05, 4.69) is 0 Å². The average Bonchev–Trinajstić information content (AvgIpc) is 3.75. The van der Waals surface area contributed by atoms with Crippen LogP contribution < -0.4 is 23.8 Å². The van der Waals surface area contributed by atoms with Crippen molar-refractivity contribution in [1.29, 1.82) is 0 Å². The topological polar surface area (TPSA) is 107 Å². The SMILES string of the molecule is COc1ccc2nc(N3C(=O)C(=O)/C(=C(/O)c4ccc5c(c4)C[C@@H](C)O5)[C@H]3c3ccc(OCc4ccccc4)c(OC)c3)sc2c1. The number of aliphatic hydroxyl groups excluding tert-OH is 1. The second-order valence-electron chi connectivity index (χ2n) is 11.1. The minimum absolute atomic E-state index is 0.00530. The fourth-order valence-corrected chi connectivity index (χ4v) is 6.92. The van der Waals surface area contributed by atoms with Crippen LogP contribution in [-0.2, 0) is 22.6 Å². The van der Waals surface area contributed by atoms with Crippen LogP contribution in [0, 0.1) is 0 Å². The summed E-state index contributed by atoms with van der Waals surface area (Å²) in [5.74, 6) is 0.406. The second kappa shape index (κ2) is 11.9. The van der Waals surface area contributed by atoms with Gasteiger partial charge in [-0.3, -0.25) is 14.5 Å². The molecule has 10 heteroatoms. The van der Waals surface area contributed by atoms with Gasteiger partial charge < -0.3 is 24.1 Å². The molecule has 4 aromatic carbocycles. The van der Waals surface area contributed by atoms with Crippen LogP contribution in [0.1, 0.15) is 35.2 Å². The Hall–Kier alpha value is -5.35. The highest BCUT2D eigenvalue weighted by molar-refractivity contribution is 7.22. The van der Waals surface area contributed by atoms with Crippen LogP contribution in [0.15, 0.2) is 90.5 Å². The van der Waals surface area contributed by atoms with E-state index in [-0.39, 0.29) is 17.4 Å². The number of aliphatic hydroxyl groups is 1. The Morgan fingerprint density at radius 3 is 2.59 bits per heavy atom. The summed E-state index contributed by atoms with van der Waals surface area (Å²) in [7, 11) is 3.11. The van der Waals surface area contributed by atoms with E-state index in [0.717, 1.165) is 21.6 Å². The van der Waals surface area contributed by atoms with E-state index >= 15 is 0 Å². The first-order chi connectivity index (χ1) is 22.3. The van der Waals surface area contributed by atoms with Gasteiger partial charge in [0.15, 0.2) is 16.6 Å². The van der Waals surface area contributed by atoms with Crippen molar-refractivity contribution in [2.24, 2.45) is 0 Å². The number of benzene rings is 4. The lowest BCUT2D eigenvalue weighted by atomic mass is 9.94. The molecule has 0 radical (unpaired) electrons. The number of Topliss-reactive ketones (excluding diaryl/α,β-unsaturated/α-hetero) is 1. The van der Waals surface area contributed by atoms with Crippen LogP contribution in [0.2, 0.25) is 0 Å². The molecule has 2 aliphatic rings. The molecule has 232 valence electrons. The predicted octanol–water partition coefficient (Wildman–Crippen LogP) is 6.84. The summed E-state index contributed by atoms with van der Waals surface area (Å²) in [6.07, 6.45) is 0.677. The van der Waals surface area contributed by atoms with Crippen LogP contribution in [0.4, 0.5) is 5.13 Å². The van der Waals surface area contributed by atoms with Gasteiger partial charge in [0.2, 0.25) is 0 Å². The largest absolute Gasteiger partial charge is 0.507 e. The van der Waals surface area contributed by atoms with E-state index in [0.29, 0.717) is 52.1 Å². The minimum atomic E-state index is -0.997. The number of anilines is 1. The van der Waals surface area contributed by atoms with Gasteiger partial charge >= 0.3 is 5.91 Å². The lowest BCUT2D eigenvalue weighted by Gasteiger charge is -2.24. The number of nitrogens with zero attached hydrogens (tertiary/aromatic N) is 2. The summed E-state index contributed by atoms with van der Waals surface area (Å²) in [5.41, 5.74) is 3.47. The van der Waals surface area contributed by atoms with E-state index < -0.39 is 17.7 Å². The van der Waals surface area contributed by atoms with E-state index in [1.54, 1.807) is 49.6 Å². The number of aromatic nitrogens is 1. The highest BCUT2D eigenvalue weighted by Gasteiger charge is 2.48. The summed E-state index contributed by atoms with van der Waals surface area (Å²) < 4.78 is 23.8. The Morgan fingerprint density at radius 1 is 0.978 bits per heavy atom. The van der Waals surface area contributed by atoms with Gasteiger partial charge in [0.25, 0.3) is 5.78 Å². The number of hydrogen-bond donors (Lipinski definition) is 1. The van der Waals surface area contributed by atoms with E-state index in [1.165, 1.54) is 23.3 Å². The Labute approximate surface area is 269 Å². The summed E-state index contributed by atoms with van der Waals surface area (Å²) in [5, 5.41) is 12.1. The number of ketones is 1. The van der Waals surface area contributed by atoms with Crippen molar-refractivity contribution in [2.75, 3.05) is 19.1 Å². The lowest BCUT2D eigenvalue weighted by Crippen LogP contribution is -2.29. The first-order valence-electron chi connectivity index (χ1n) is 14.7. The zero-order valence-corrected chi connectivity index (χ0v) is 26.2. The van der Waals surface area contributed by atoms with Crippen LogP contribution in [0.3, 0.4) is 0 Å². The molecule has 46 heavy (non-hydrogen) atoms. The molecule has 1 aromatic heterocycles. The maximum absolute atomic E-state index is 13.8. The lowest BCUT2D eigenvalue weighted by molar-refractivity contribution is -0.132. The number of fused-ring (bicyclic) bond motifs is 2. The van der Waals surface area contributed by atoms with Gasteiger partial charge in [-0.15, -0.1) is 0 Å². The maximum Gasteiger partial charge on any atom is 0.301 e. The van der Waals surface area contributed by atoms with Crippen molar-refractivity contribution in [1.82, 2.24) is 4.98 Å². The fourth-order valence-electron chi connectivity index (χ4n) is 5.90. The van der Waals surface area contributed by atoms with Crippen LogP contribution >= 0.6 is 11.3 Å². The van der Waals surface area contributed by atoms with Crippen molar-refractivity contribution in [3.05, 3.63) is 113 Å². The van der Waals surface area contributed by atoms with Gasteiger partial charge in [0, 0.05) is 12.0 Å². The average molecular weight is 635 g/mol. The van der Waals surface area contributed by atoms with Crippen molar-refractivity contribution in [3.8, 4) is 23.0 Å². The normalized spacial score (nSPS) is 18.5. The summed E-state index contributed by atoms with van der Waals surface area (Å²) in [6.45, 7) is 2.30. The van der Waals surface area contributed by atoms with Gasteiger partial charge in [-0.25, -0.2) is 4.98 Å². The minimum Gasteiger partial charge on any atom is -0.507 e.